The van der Waals surface area contributed by atoms with Crippen molar-refractivity contribution in [1.82, 2.24) is 0 Å². The number of hydrogen-bond donors (Lipinski definition) is 1. The molecule has 0 atom stereocenters. The Hall–Kier alpha value is -1.33. The van der Waals surface area contributed by atoms with Crippen LogP contribution in [-0.2, 0) is 22.2 Å². The predicted octanol–water partition coefficient (Wildman–Crippen LogP) is 2.52. The molecule has 0 radical (unpaired) electrons. The van der Waals surface area contributed by atoms with Gasteiger partial charge in [0.1, 0.15) is 0 Å². The molecule has 2 N–H and O–H groups in total. The van der Waals surface area contributed by atoms with Gasteiger partial charge < -0.3 is 4.42 Å². The fourth-order valence-corrected chi connectivity index (χ4v) is 2.92. The maximum atomic E-state index is 11.3. The third-order valence-corrected chi connectivity index (χ3v) is 3.70. The number of aryl methyl sites for hydroxylation is 1. The molecular weight excluding hydrogens is 250 g/mol. The normalized spacial score (nSPS) is 12.1. The minimum absolute atomic E-state index is 0.112. The number of primary sulfonamides is 1. The number of sulfonamides is 1. The van der Waals surface area contributed by atoms with Crippen LogP contribution in [0.2, 0.25) is 0 Å². The Bertz CT molecular complexity index is 601. The Morgan fingerprint density at radius 1 is 1.39 bits per heavy atom. The van der Waals surface area contributed by atoms with Crippen LogP contribution in [-0.4, -0.2) is 8.42 Å². The molecule has 0 aromatic rings. The number of hydrogen-bond acceptors (Lipinski definition) is 3. The third-order valence-electron chi connectivity index (χ3n) is 3.01. The highest BCUT2D eigenvalue weighted by atomic mass is 32.2. The first kappa shape index (κ1) is 13.1. The van der Waals surface area contributed by atoms with Crippen molar-refractivity contribution in [3.05, 3.63) is 35.8 Å². The van der Waals surface area contributed by atoms with E-state index in [-0.39, 0.29) is 5.75 Å². The highest BCUT2D eigenvalue weighted by Gasteiger charge is 2.19. The zero-order chi connectivity index (χ0) is 13.2. The minimum atomic E-state index is -3.52. The Balaban J connectivity index is 2.46. The second kappa shape index (κ2) is 5.12. The first-order valence-corrected chi connectivity index (χ1v) is 7.70. The fraction of sp³-hybridized carbons (Fsp3) is 0.385. The topological polar surface area (TPSA) is 73.3 Å². The van der Waals surface area contributed by atoms with Crippen molar-refractivity contribution in [2.24, 2.45) is 5.14 Å². The van der Waals surface area contributed by atoms with Gasteiger partial charge in [0.25, 0.3) is 0 Å². The summed E-state index contributed by atoms with van der Waals surface area (Å²) in [5, 5.41) is 5.16. The average molecular weight is 267 g/mol. The van der Waals surface area contributed by atoms with Crippen molar-refractivity contribution in [2.75, 3.05) is 0 Å². The molecule has 0 amide bonds. The van der Waals surface area contributed by atoms with Gasteiger partial charge in [-0.25, -0.2) is 13.6 Å². The first-order valence-electron chi connectivity index (χ1n) is 5.98. The number of rotatable bonds is 5. The van der Waals surface area contributed by atoms with Gasteiger partial charge in [-0.15, -0.1) is 0 Å². The molecule has 0 spiro atoms. The largest absolute Gasteiger partial charge is 0.472 e. The summed E-state index contributed by atoms with van der Waals surface area (Å²) in [6, 6.07) is 3.79. The standard InChI is InChI=1S/C13H17NO3S/c1-2-3-4-10-7-11-8-17-6-5-12(11)13(10)9-18(14,15)16/h5-8H,2-4,9H2,1H3,(H2,14,15,16). The van der Waals surface area contributed by atoms with Gasteiger partial charge in [-0.3, -0.25) is 0 Å². The van der Waals surface area contributed by atoms with E-state index >= 15 is 0 Å². The lowest BCUT2D eigenvalue weighted by Crippen LogP contribution is -2.15. The Kier molecular flexibility index (Phi) is 3.73. The molecular formula is C13H17NO3S. The SMILES string of the molecule is CCCCc1cc2coccc-2c1CS(N)(=O)=O. The van der Waals surface area contributed by atoms with Crippen LogP contribution in [0.1, 0.15) is 30.9 Å². The van der Waals surface area contributed by atoms with Gasteiger partial charge in [0.05, 0.1) is 18.3 Å². The van der Waals surface area contributed by atoms with E-state index in [2.05, 4.69) is 6.92 Å². The summed E-state index contributed by atoms with van der Waals surface area (Å²) < 4.78 is 27.8. The zero-order valence-corrected chi connectivity index (χ0v) is 11.2. The molecule has 0 unspecified atom stereocenters. The van der Waals surface area contributed by atoms with E-state index in [1.165, 1.54) is 0 Å². The van der Waals surface area contributed by atoms with E-state index in [4.69, 9.17) is 9.56 Å². The molecule has 0 bridgehead atoms. The molecule has 4 nitrogen and oxygen atoms in total. The monoisotopic (exact) mass is 267 g/mol. The minimum Gasteiger partial charge on any atom is -0.472 e. The molecule has 0 saturated carbocycles. The summed E-state index contributed by atoms with van der Waals surface area (Å²) in [7, 11) is -3.52. The van der Waals surface area contributed by atoms with Gasteiger partial charge in [0, 0.05) is 5.56 Å². The van der Waals surface area contributed by atoms with E-state index in [1.54, 1.807) is 18.6 Å². The van der Waals surface area contributed by atoms with Crippen LogP contribution >= 0.6 is 0 Å². The molecule has 0 fully saturated rings. The van der Waals surface area contributed by atoms with Gasteiger partial charge in [0.2, 0.25) is 10.0 Å². The number of unbranched alkanes of at least 4 members (excludes halogenated alkanes) is 1. The second-order valence-corrected chi connectivity index (χ2v) is 6.10. The van der Waals surface area contributed by atoms with Gasteiger partial charge in [-0.05, 0) is 41.7 Å². The number of fused-ring (bicyclic) bond motifs is 1. The molecule has 0 aromatic carbocycles. The summed E-state index contributed by atoms with van der Waals surface area (Å²) in [6.07, 6.45) is 6.16. The first-order chi connectivity index (χ1) is 8.51. The van der Waals surface area contributed by atoms with E-state index in [9.17, 15) is 8.42 Å². The van der Waals surface area contributed by atoms with E-state index < -0.39 is 10.0 Å². The van der Waals surface area contributed by atoms with Crippen molar-refractivity contribution >= 4 is 10.0 Å². The summed E-state index contributed by atoms with van der Waals surface area (Å²) in [5.74, 6) is -0.112. The molecule has 98 valence electrons. The van der Waals surface area contributed by atoms with Crippen LogP contribution in [0.15, 0.2) is 29.1 Å². The molecule has 2 rings (SSSR count). The average Bonchev–Trinajstić information content (AvgIpc) is 2.63. The summed E-state index contributed by atoms with van der Waals surface area (Å²) in [5.41, 5.74) is 3.72. The third kappa shape index (κ3) is 2.91. The maximum Gasteiger partial charge on any atom is 0.213 e. The van der Waals surface area contributed by atoms with Crippen LogP contribution in [0.4, 0.5) is 0 Å². The highest BCUT2D eigenvalue weighted by Crippen LogP contribution is 2.33. The molecule has 0 aromatic heterocycles. The molecule has 5 heteroatoms. The quantitative estimate of drug-likeness (QED) is 0.904. The van der Waals surface area contributed by atoms with Gasteiger partial charge in [-0.1, -0.05) is 13.3 Å². The summed E-state index contributed by atoms with van der Waals surface area (Å²) in [4.78, 5) is 0. The van der Waals surface area contributed by atoms with Crippen molar-refractivity contribution in [2.45, 2.75) is 31.9 Å². The Labute approximate surface area is 107 Å². The lowest BCUT2D eigenvalue weighted by atomic mass is 10.1. The zero-order valence-electron chi connectivity index (χ0n) is 10.3. The van der Waals surface area contributed by atoms with E-state index in [1.807, 2.05) is 6.07 Å². The van der Waals surface area contributed by atoms with Crippen molar-refractivity contribution < 1.29 is 12.8 Å². The molecule has 18 heavy (non-hydrogen) atoms. The van der Waals surface area contributed by atoms with Gasteiger partial charge in [-0.2, -0.15) is 0 Å². The Morgan fingerprint density at radius 3 is 2.83 bits per heavy atom. The molecule has 1 heterocycles. The fourth-order valence-electron chi connectivity index (χ4n) is 2.18. The Morgan fingerprint density at radius 2 is 2.17 bits per heavy atom. The van der Waals surface area contributed by atoms with Crippen LogP contribution < -0.4 is 5.14 Å². The van der Waals surface area contributed by atoms with Crippen LogP contribution in [0.25, 0.3) is 11.1 Å². The lowest BCUT2D eigenvalue weighted by Gasteiger charge is -2.05. The summed E-state index contributed by atoms with van der Waals surface area (Å²) in [6.45, 7) is 2.11. The van der Waals surface area contributed by atoms with Gasteiger partial charge in [0.15, 0.2) is 0 Å². The van der Waals surface area contributed by atoms with Crippen molar-refractivity contribution in [3.8, 4) is 11.1 Å². The smallest absolute Gasteiger partial charge is 0.213 e. The van der Waals surface area contributed by atoms with Crippen molar-refractivity contribution in [3.63, 3.8) is 0 Å². The lowest BCUT2D eigenvalue weighted by molar-refractivity contribution is 0.552. The summed E-state index contributed by atoms with van der Waals surface area (Å²) >= 11 is 0. The van der Waals surface area contributed by atoms with Crippen LogP contribution in [0.3, 0.4) is 0 Å². The van der Waals surface area contributed by atoms with Crippen molar-refractivity contribution in [1.29, 1.82) is 0 Å². The van der Waals surface area contributed by atoms with E-state index in [0.717, 1.165) is 41.5 Å². The van der Waals surface area contributed by atoms with E-state index in [0.29, 0.717) is 0 Å². The predicted molar refractivity (Wildman–Crippen MR) is 70.8 cm³/mol. The number of nitrogens with two attached hydrogens (primary N) is 1. The second-order valence-electron chi connectivity index (χ2n) is 4.48. The molecule has 2 aliphatic rings. The van der Waals surface area contributed by atoms with Crippen LogP contribution in [0.5, 0.6) is 0 Å². The molecule has 1 aliphatic carbocycles. The van der Waals surface area contributed by atoms with Gasteiger partial charge >= 0.3 is 0 Å². The highest BCUT2D eigenvalue weighted by molar-refractivity contribution is 7.88. The van der Waals surface area contributed by atoms with Crippen LogP contribution in [0, 0.1) is 0 Å². The maximum absolute atomic E-state index is 11.3. The molecule has 0 saturated heterocycles. The molecule has 1 aliphatic heterocycles.